The van der Waals surface area contributed by atoms with Crippen molar-refractivity contribution in [2.45, 2.75) is 18.1 Å². The third-order valence-corrected chi connectivity index (χ3v) is 4.98. The van der Waals surface area contributed by atoms with Crippen molar-refractivity contribution in [2.24, 2.45) is 11.8 Å². The van der Waals surface area contributed by atoms with Crippen molar-refractivity contribution in [1.29, 1.82) is 0 Å². The summed E-state index contributed by atoms with van der Waals surface area (Å²) >= 11 is 0. The Balaban J connectivity index is 1.53. The van der Waals surface area contributed by atoms with Crippen molar-refractivity contribution >= 4 is 11.9 Å². The van der Waals surface area contributed by atoms with Gasteiger partial charge < -0.3 is 14.7 Å². The minimum Gasteiger partial charge on any atom is -0.481 e. The van der Waals surface area contributed by atoms with Gasteiger partial charge in [0.25, 0.3) is 0 Å². The van der Waals surface area contributed by atoms with Gasteiger partial charge in [-0.15, -0.1) is 0 Å². The van der Waals surface area contributed by atoms with Crippen LogP contribution in [0.2, 0.25) is 0 Å². The molecule has 114 valence electrons. The molecule has 0 saturated carbocycles. The number of nitrogens with zero attached hydrogens (tertiary/aromatic N) is 1. The Bertz CT molecular complexity index is 656. The van der Waals surface area contributed by atoms with Crippen LogP contribution >= 0.6 is 0 Å². The Morgan fingerprint density at radius 1 is 1.36 bits per heavy atom. The molecule has 1 amide bonds. The van der Waals surface area contributed by atoms with E-state index in [1.807, 2.05) is 36.4 Å². The number of rotatable bonds is 4. The van der Waals surface area contributed by atoms with Crippen molar-refractivity contribution in [3.05, 3.63) is 48.0 Å². The maximum atomic E-state index is 12.7. The number of likely N-dealkylation sites (tertiary alicyclic amines) is 1. The number of benzene rings is 1. The zero-order valence-corrected chi connectivity index (χ0v) is 12.0. The zero-order valence-electron chi connectivity index (χ0n) is 12.0. The summed E-state index contributed by atoms with van der Waals surface area (Å²) in [5, 5.41) is 9.41. The second-order valence-electron chi connectivity index (χ2n) is 6.23. The highest BCUT2D eigenvalue weighted by atomic mass is 16.5. The Hall–Kier alpha value is -2.14. The standard InChI is InChI=1S/C17H17NO4/c19-15-14-13(16(20)21)12-6-8-17(14,22-12)10-18(15)9-7-11-4-2-1-3-5-11/h1-6,8,12-14H,7,9-10H2,(H,20,21)/t12-,13+,14-,17-/m1/s1. The van der Waals surface area contributed by atoms with Gasteiger partial charge in [-0.1, -0.05) is 42.5 Å². The molecule has 0 unspecified atom stereocenters. The number of hydrogen-bond acceptors (Lipinski definition) is 3. The van der Waals surface area contributed by atoms with Gasteiger partial charge in [-0.25, -0.2) is 0 Å². The number of carbonyl (C=O) groups excluding carboxylic acids is 1. The zero-order chi connectivity index (χ0) is 15.3. The molecule has 1 aromatic rings. The van der Waals surface area contributed by atoms with Crippen LogP contribution in [-0.4, -0.2) is 46.7 Å². The molecular weight excluding hydrogens is 282 g/mol. The van der Waals surface area contributed by atoms with Crippen LogP contribution in [0.15, 0.2) is 42.5 Å². The van der Waals surface area contributed by atoms with Gasteiger partial charge in [0.1, 0.15) is 11.5 Å². The molecule has 22 heavy (non-hydrogen) atoms. The van der Waals surface area contributed by atoms with E-state index in [2.05, 4.69) is 0 Å². The van der Waals surface area contributed by atoms with Gasteiger partial charge in [-0.05, 0) is 12.0 Å². The number of aliphatic carboxylic acids is 1. The molecule has 3 aliphatic rings. The molecule has 1 aromatic carbocycles. The number of carboxylic acid groups (broad SMARTS) is 1. The molecular formula is C17H17NO4. The Kier molecular flexibility index (Phi) is 2.87. The van der Waals surface area contributed by atoms with Gasteiger partial charge in [-0.3, -0.25) is 9.59 Å². The van der Waals surface area contributed by atoms with E-state index in [4.69, 9.17) is 4.74 Å². The first-order valence-corrected chi connectivity index (χ1v) is 7.53. The van der Waals surface area contributed by atoms with E-state index in [-0.39, 0.29) is 5.91 Å². The predicted molar refractivity (Wildman–Crippen MR) is 78.1 cm³/mol. The lowest BCUT2D eigenvalue weighted by Crippen LogP contribution is -2.39. The first-order valence-electron chi connectivity index (χ1n) is 7.53. The lowest BCUT2D eigenvalue weighted by atomic mass is 9.77. The van der Waals surface area contributed by atoms with Gasteiger partial charge in [0.15, 0.2) is 0 Å². The minimum absolute atomic E-state index is 0.0878. The van der Waals surface area contributed by atoms with E-state index in [0.717, 1.165) is 6.42 Å². The summed E-state index contributed by atoms with van der Waals surface area (Å²) in [7, 11) is 0. The lowest BCUT2D eigenvalue weighted by Gasteiger charge is -2.21. The molecule has 1 spiro atoms. The van der Waals surface area contributed by atoms with Crippen LogP contribution in [0.1, 0.15) is 5.56 Å². The molecule has 4 rings (SSSR count). The number of carboxylic acids is 1. The topological polar surface area (TPSA) is 66.8 Å². The quantitative estimate of drug-likeness (QED) is 0.845. The Labute approximate surface area is 128 Å². The third kappa shape index (κ3) is 1.82. The van der Waals surface area contributed by atoms with E-state index in [1.165, 1.54) is 5.56 Å². The highest BCUT2D eigenvalue weighted by Crippen LogP contribution is 2.51. The highest BCUT2D eigenvalue weighted by molar-refractivity contribution is 5.90. The van der Waals surface area contributed by atoms with Crippen LogP contribution in [0.5, 0.6) is 0 Å². The van der Waals surface area contributed by atoms with Crippen molar-refractivity contribution in [1.82, 2.24) is 4.90 Å². The summed E-state index contributed by atoms with van der Waals surface area (Å²) in [6, 6.07) is 9.97. The largest absolute Gasteiger partial charge is 0.481 e. The van der Waals surface area contributed by atoms with Crippen LogP contribution in [0.3, 0.4) is 0 Å². The molecule has 0 radical (unpaired) electrons. The molecule has 2 fully saturated rings. The van der Waals surface area contributed by atoms with E-state index < -0.39 is 29.5 Å². The maximum absolute atomic E-state index is 12.7. The maximum Gasteiger partial charge on any atom is 0.310 e. The first-order chi connectivity index (χ1) is 10.6. The summed E-state index contributed by atoms with van der Waals surface area (Å²) in [6.07, 6.45) is 3.99. The third-order valence-electron chi connectivity index (χ3n) is 4.98. The van der Waals surface area contributed by atoms with Crippen molar-refractivity contribution < 1.29 is 19.4 Å². The molecule has 2 bridgehead atoms. The number of amides is 1. The SMILES string of the molecule is O=C(O)[C@H]1[C@H]2C=C[C@]3(CN(CCc4ccccc4)C(=O)[C@@H]13)O2. The fourth-order valence-corrected chi connectivity index (χ4v) is 3.96. The molecule has 1 N–H and O–H groups in total. The van der Waals surface area contributed by atoms with Gasteiger partial charge >= 0.3 is 5.97 Å². The molecule has 0 aliphatic carbocycles. The molecule has 3 heterocycles. The Morgan fingerprint density at radius 3 is 2.86 bits per heavy atom. The van der Waals surface area contributed by atoms with Gasteiger partial charge in [0.2, 0.25) is 5.91 Å². The fourth-order valence-electron chi connectivity index (χ4n) is 3.96. The lowest BCUT2D eigenvalue weighted by molar-refractivity contribution is -0.148. The van der Waals surface area contributed by atoms with E-state index >= 15 is 0 Å². The van der Waals surface area contributed by atoms with Gasteiger partial charge in [0.05, 0.1) is 18.6 Å². The van der Waals surface area contributed by atoms with Crippen LogP contribution in [0.4, 0.5) is 0 Å². The highest BCUT2D eigenvalue weighted by Gasteiger charge is 2.66. The van der Waals surface area contributed by atoms with E-state index in [0.29, 0.717) is 13.1 Å². The first kappa shape index (κ1) is 13.5. The summed E-state index contributed by atoms with van der Waals surface area (Å²) < 4.78 is 5.86. The van der Waals surface area contributed by atoms with Crippen LogP contribution in [0.25, 0.3) is 0 Å². The Morgan fingerprint density at radius 2 is 2.14 bits per heavy atom. The summed E-state index contributed by atoms with van der Waals surface area (Å²) in [5.74, 6) is -2.36. The molecule has 2 saturated heterocycles. The van der Waals surface area contributed by atoms with Crippen LogP contribution in [0, 0.1) is 11.8 Å². The molecule has 0 aromatic heterocycles. The monoisotopic (exact) mass is 299 g/mol. The summed E-state index contributed by atoms with van der Waals surface area (Å²) in [6.45, 7) is 1.05. The minimum atomic E-state index is -0.945. The van der Waals surface area contributed by atoms with Gasteiger partial charge in [0, 0.05) is 6.54 Å². The molecule has 5 heteroatoms. The second-order valence-corrected chi connectivity index (χ2v) is 6.23. The molecule has 3 aliphatic heterocycles. The van der Waals surface area contributed by atoms with Crippen LogP contribution < -0.4 is 0 Å². The number of carbonyl (C=O) groups is 2. The number of ether oxygens (including phenoxy) is 1. The van der Waals surface area contributed by atoms with E-state index in [9.17, 15) is 14.7 Å². The van der Waals surface area contributed by atoms with Crippen molar-refractivity contribution in [3.8, 4) is 0 Å². The fraction of sp³-hybridized carbons (Fsp3) is 0.412. The number of hydrogen-bond donors (Lipinski definition) is 1. The van der Waals surface area contributed by atoms with Crippen LogP contribution in [-0.2, 0) is 20.7 Å². The predicted octanol–water partition coefficient (Wildman–Crippen LogP) is 1.10. The average molecular weight is 299 g/mol. The van der Waals surface area contributed by atoms with E-state index in [1.54, 1.807) is 11.0 Å². The average Bonchev–Trinajstić information content (AvgIpc) is 3.14. The molecule has 5 nitrogen and oxygen atoms in total. The van der Waals surface area contributed by atoms with Crippen molar-refractivity contribution in [2.75, 3.05) is 13.1 Å². The smallest absolute Gasteiger partial charge is 0.310 e. The normalized spacial score (nSPS) is 35.2. The van der Waals surface area contributed by atoms with Gasteiger partial charge in [-0.2, -0.15) is 0 Å². The number of fused-ring (bicyclic) bond motifs is 1. The summed E-state index contributed by atoms with van der Waals surface area (Å²) in [4.78, 5) is 25.9. The van der Waals surface area contributed by atoms with Crippen molar-refractivity contribution in [3.63, 3.8) is 0 Å². The molecule has 4 atom stereocenters. The summed E-state index contributed by atoms with van der Waals surface area (Å²) in [5.41, 5.74) is 0.446. The second kappa shape index (κ2) is 4.68.